The monoisotopic (exact) mass is 568 g/mol. The van der Waals surface area contributed by atoms with Gasteiger partial charge in [-0.05, 0) is 55.7 Å². The van der Waals surface area contributed by atoms with Gasteiger partial charge in [-0.2, -0.15) is 31.3 Å². The smallest absolute Gasteiger partial charge is 0.381 e. The van der Waals surface area contributed by atoms with E-state index in [1.807, 2.05) is 6.92 Å². The van der Waals surface area contributed by atoms with Crippen LogP contribution in [-0.4, -0.2) is 47.8 Å². The van der Waals surface area contributed by atoms with Crippen molar-refractivity contribution in [3.63, 3.8) is 0 Å². The number of aromatic nitrogens is 3. The average Bonchev–Trinajstić information content (AvgIpc) is 2.91. The standard InChI is InChI=1S/C27H30F6N6O/c1-3-20-22(10-14-39(2)24-21(27(31,32)33)5-4-13-34-24)37-25(36-19-11-15-40-16-12-19)38-23(20)35-18-8-6-17(7-9-18)26(28,29)30/h4-9,13,19H,3,10-12,14-16H2,1-2H3,(H2,35,36,37,38). The fraction of sp³-hybridized carbons (Fsp3) is 0.444. The molecular weight excluding hydrogens is 538 g/mol. The zero-order valence-corrected chi connectivity index (χ0v) is 22.0. The Bertz CT molecular complexity index is 1280. The Labute approximate surface area is 228 Å². The van der Waals surface area contributed by atoms with E-state index in [1.54, 1.807) is 0 Å². The molecule has 216 valence electrons. The molecule has 1 saturated heterocycles. The fourth-order valence-corrected chi connectivity index (χ4v) is 4.48. The molecule has 2 N–H and O–H groups in total. The number of ether oxygens (including phenoxy) is 1. The first-order chi connectivity index (χ1) is 19.0. The van der Waals surface area contributed by atoms with Gasteiger partial charge in [-0.1, -0.05) is 6.92 Å². The Balaban J connectivity index is 1.63. The van der Waals surface area contributed by atoms with Crippen molar-refractivity contribution in [2.45, 2.75) is 51.0 Å². The van der Waals surface area contributed by atoms with E-state index in [9.17, 15) is 26.3 Å². The average molecular weight is 569 g/mol. The Morgan fingerprint density at radius 3 is 2.30 bits per heavy atom. The van der Waals surface area contributed by atoms with Crippen LogP contribution in [0.1, 0.15) is 42.1 Å². The van der Waals surface area contributed by atoms with Crippen LogP contribution in [0.4, 0.5) is 49.6 Å². The number of halogens is 6. The van der Waals surface area contributed by atoms with Gasteiger partial charge in [0.15, 0.2) is 0 Å². The molecule has 40 heavy (non-hydrogen) atoms. The lowest BCUT2D eigenvalue weighted by molar-refractivity contribution is -0.138. The summed E-state index contributed by atoms with van der Waals surface area (Å²) in [6.07, 6.45) is -5.44. The highest BCUT2D eigenvalue weighted by Crippen LogP contribution is 2.35. The second-order valence-corrected chi connectivity index (χ2v) is 9.45. The molecule has 0 aliphatic carbocycles. The number of rotatable bonds is 9. The lowest BCUT2D eigenvalue weighted by Gasteiger charge is -2.25. The summed E-state index contributed by atoms with van der Waals surface area (Å²) in [4.78, 5) is 14.7. The zero-order valence-electron chi connectivity index (χ0n) is 22.0. The Hall–Kier alpha value is -3.61. The number of likely N-dealkylation sites (N-methyl/N-ethyl adjacent to an activating group) is 1. The van der Waals surface area contributed by atoms with Crippen molar-refractivity contribution >= 4 is 23.3 Å². The zero-order chi connectivity index (χ0) is 28.9. The van der Waals surface area contributed by atoms with Gasteiger partial charge >= 0.3 is 12.4 Å². The predicted octanol–water partition coefficient (Wildman–Crippen LogP) is 6.49. The molecule has 3 aromatic rings. The highest BCUT2D eigenvalue weighted by molar-refractivity contribution is 5.62. The minimum absolute atomic E-state index is 0.0681. The first-order valence-corrected chi connectivity index (χ1v) is 12.9. The highest BCUT2D eigenvalue weighted by Gasteiger charge is 2.35. The highest BCUT2D eigenvalue weighted by atomic mass is 19.4. The summed E-state index contributed by atoms with van der Waals surface area (Å²) in [5, 5.41) is 6.42. The molecule has 1 fully saturated rings. The van der Waals surface area contributed by atoms with Gasteiger partial charge in [-0.25, -0.2) is 9.97 Å². The van der Waals surface area contributed by atoms with Crippen molar-refractivity contribution in [3.05, 3.63) is 65.0 Å². The third-order valence-electron chi connectivity index (χ3n) is 6.61. The largest absolute Gasteiger partial charge is 0.419 e. The molecule has 2 aromatic heterocycles. The molecule has 1 aliphatic rings. The van der Waals surface area contributed by atoms with Gasteiger partial charge in [0.25, 0.3) is 0 Å². The van der Waals surface area contributed by atoms with Gasteiger partial charge in [0.05, 0.1) is 16.8 Å². The van der Waals surface area contributed by atoms with Crippen molar-refractivity contribution in [2.75, 3.05) is 42.3 Å². The van der Waals surface area contributed by atoms with E-state index in [-0.39, 0.29) is 24.8 Å². The van der Waals surface area contributed by atoms with Crippen LogP contribution < -0.4 is 15.5 Å². The minimum Gasteiger partial charge on any atom is -0.381 e. The predicted molar refractivity (Wildman–Crippen MR) is 140 cm³/mol. The molecule has 0 unspecified atom stereocenters. The molecular formula is C27H30F6N6O. The van der Waals surface area contributed by atoms with Gasteiger partial charge in [0.1, 0.15) is 11.6 Å². The van der Waals surface area contributed by atoms with E-state index < -0.39 is 23.5 Å². The van der Waals surface area contributed by atoms with Crippen LogP contribution >= 0.6 is 0 Å². The summed E-state index contributed by atoms with van der Waals surface area (Å²) in [5.74, 6) is 0.550. The van der Waals surface area contributed by atoms with Gasteiger partial charge in [0.2, 0.25) is 5.95 Å². The van der Waals surface area contributed by atoms with Crippen LogP contribution in [-0.2, 0) is 29.9 Å². The molecule has 7 nitrogen and oxygen atoms in total. The van der Waals surface area contributed by atoms with Crippen LogP contribution in [0, 0.1) is 0 Å². The molecule has 0 radical (unpaired) electrons. The second kappa shape index (κ2) is 12.3. The van der Waals surface area contributed by atoms with Gasteiger partial charge in [-0.15, -0.1) is 0 Å². The van der Waals surface area contributed by atoms with Crippen molar-refractivity contribution in [1.29, 1.82) is 0 Å². The maximum Gasteiger partial charge on any atom is 0.419 e. The Kier molecular flexibility index (Phi) is 9.02. The van der Waals surface area contributed by atoms with Crippen LogP contribution in [0.15, 0.2) is 42.6 Å². The summed E-state index contributed by atoms with van der Waals surface area (Å²) >= 11 is 0. The lowest BCUT2D eigenvalue weighted by Crippen LogP contribution is -2.29. The third-order valence-corrected chi connectivity index (χ3v) is 6.61. The molecule has 4 rings (SSSR count). The molecule has 0 amide bonds. The summed E-state index contributed by atoms with van der Waals surface area (Å²) < 4.78 is 85.1. The number of hydrogen-bond acceptors (Lipinski definition) is 7. The fourth-order valence-electron chi connectivity index (χ4n) is 4.48. The van der Waals surface area contributed by atoms with E-state index in [0.29, 0.717) is 48.3 Å². The maximum atomic E-state index is 13.5. The van der Waals surface area contributed by atoms with E-state index in [1.165, 1.54) is 36.3 Å². The summed E-state index contributed by atoms with van der Waals surface area (Å²) in [5.41, 5.74) is 0.128. The number of benzene rings is 1. The normalized spacial score (nSPS) is 14.7. The van der Waals surface area contributed by atoms with E-state index >= 15 is 0 Å². The Morgan fingerprint density at radius 2 is 1.68 bits per heavy atom. The van der Waals surface area contributed by atoms with Gasteiger partial charge in [0, 0.05) is 56.7 Å². The van der Waals surface area contributed by atoms with Crippen molar-refractivity contribution in [1.82, 2.24) is 15.0 Å². The lowest BCUT2D eigenvalue weighted by atomic mass is 10.1. The quantitative estimate of drug-likeness (QED) is 0.286. The summed E-state index contributed by atoms with van der Waals surface area (Å²) in [7, 11) is 1.53. The number of nitrogens with one attached hydrogen (secondary N) is 2. The molecule has 0 saturated carbocycles. The van der Waals surface area contributed by atoms with E-state index in [4.69, 9.17) is 9.72 Å². The molecule has 13 heteroatoms. The van der Waals surface area contributed by atoms with Crippen LogP contribution in [0.3, 0.4) is 0 Å². The third kappa shape index (κ3) is 7.32. The second-order valence-electron chi connectivity index (χ2n) is 9.45. The minimum atomic E-state index is -4.55. The molecule has 0 spiro atoms. The number of nitrogens with zero attached hydrogens (tertiary/aromatic N) is 4. The SMILES string of the molecule is CCc1c(CCN(C)c2ncccc2C(F)(F)F)nc(NC2CCOCC2)nc1Nc1ccc(C(F)(F)F)cc1. The van der Waals surface area contributed by atoms with Crippen molar-refractivity contribution in [2.24, 2.45) is 0 Å². The number of hydrogen-bond donors (Lipinski definition) is 2. The molecule has 3 heterocycles. The number of pyridine rings is 1. The number of anilines is 4. The maximum absolute atomic E-state index is 13.5. The molecule has 1 aromatic carbocycles. The van der Waals surface area contributed by atoms with Crippen LogP contribution in [0.25, 0.3) is 0 Å². The van der Waals surface area contributed by atoms with Gasteiger partial charge in [-0.3, -0.25) is 0 Å². The van der Waals surface area contributed by atoms with Crippen molar-refractivity contribution in [3.8, 4) is 0 Å². The van der Waals surface area contributed by atoms with Gasteiger partial charge < -0.3 is 20.3 Å². The van der Waals surface area contributed by atoms with E-state index in [0.717, 1.165) is 31.0 Å². The molecule has 0 bridgehead atoms. The first kappa shape index (κ1) is 29.4. The molecule has 0 atom stereocenters. The number of alkyl halides is 6. The topological polar surface area (TPSA) is 75.2 Å². The van der Waals surface area contributed by atoms with E-state index in [2.05, 4.69) is 20.6 Å². The Morgan fingerprint density at radius 1 is 0.975 bits per heavy atom. The molecule has 1 aliphatic heterocycles. The van der Waals surface area contributed by atoms with Crippen LogP contribution in [0.5, 0.6) is 0 Å². The summed E-state index contributed by atoms with van der Waals surface area (Å²) in [6.45, 7) is 3.24. The van der Waals surface area contributed by atoms with Crippen molar-refractivity contribution < 1.29 is 31.1 Å². The van der Waals surface area contributed by atoms with Crippen LogP contribution in [0.2, 0.25) is 0 Å². The first-order valence-electron chi connectivity index (χ1n) is 12.9. The summed E-state index contributed by atoms with van der Waals surface area (Å²) in [6, 6.07) is 6.91.